The molecule has 8 heteroatoms. The van der Waals surface area contributed by atoms with Crippen molar-refractivity contribution < 1.29 is 13.2 Å². The summed E-state index contributed by atoms with van der Waals surface area (Å²) in [6.07, 6.45) is 3.10. The molecule has 0 aromatic heterocycles. The number of fused-ring (bicyclic) bond motifs is 1. The predicted octanol–water partition coefficient (Wildman–Crippen LogP) is 5.16. The van der Waals surface area contributed by atoms with E-state index in [1.807, 2.05) is 18.2 Å². The van der Waals surface area contributed by atoms with Crippen molar-refractivity contribution in [2.24, 2.45) is 0 Å². The third-order valence-electron chi connectivity index (χ3n) is 5.99. The number of amides is 1. The number of sulfonamides is 1. The van der Waals surface area contributed by atoms with Crippen LogP contribution in [0.3, 0.4) is 0 Å². The Bertz CT molecular complexity index is 1270. The number of halogens is 1. The lowest BCUT2D eigenvalue weighted by molar-refractivity contribution is -0.115. The van der Waals surface area contributed by atoms with Crippen LogP contribution in [-0.2, 0) is 21.2 Å². The molecule has 0 heterocycles. The summed E-state index contributed by atoms with van der Waals surface area (Å²) in [6, 6.07) is 21.8. The highest BCUT2D eigenvalue weighted by Crippen LogP contribution is 2.31. The van der Waals surface area contributed by atoms with Crippen LogP contribution in [0, 0.1) is 0 Å². The first-order chi connectivity index (χ1) is 16.4. The van der Waals surface area contributed by atoms with Gasteiger partial charge in [-0.25, -0.2) is 8.42 Å². The van der Waals surface area contributed by atoms with Crippen LogP contribution >= 0.6 is 11.6 Å². The minimum atomic E-state index is -3.92. The van der Waals surface area contributed by atoms with Gasteiger partial charge in [-0.3, -0.25) is 9.10 Å². The molecule has 0 saturated carbocycles. The second-order valence-electron chi connectivity index (χ2n) is 8.22. The van der Waals surface area contributed by atoms with Gasteiger partial charge >= 0.3 is 0 Å². The Kier molecular flexibility index (Phi) is 7.56. The highest BCUT2D eigenvalue weighted by Gasteiger charge is 2.27. The lowest BCUT2D eigenvalue weighted by atomic mass is 9.88. The SMILES string of the molecule is CCN(c1ccccc1)S(=O)(=O)c1cc(NC(=O)CNC2CCCc3ccccc32)ccc1Cl. The average Bonchev–Trinajstić information content (AvgIpc) is 2.85. The highest BCUT2D eigenvalue weighted by atomic mass is 35.5. The van der Waals surface area contributed by atoms with Crippen molar-refractivity contribution in [3.8, 4) is 0 Å². The summed E-state index contributed by atoms with van der Waals surface area (Å²) in [4.78, 5) is 12.6. The fourth-order valence-electron chi connectivity index (χ4n) is 4.37. The Morgan fingerprint density at radius 3 is 2.56 bits per heavy atom. The van der Waals surface area contributed by atoms with E-state index in [4.69, 9.17) is 11.6 Å². The van der Waals surface area contributed by atoms with E-state index in [0.29, 0.717) is 11.4 Å². The summed E-state index contributed by atoms with van der Waals surface area (Å²) < 4.78 is 28.1. The van der Waals surface area contributed by atoms with Gasteiger partial charge in [0, 0.05) is 18.3 Å². The van der Waals surface area contributed by atoms with Crippen LogP contribution in [0.25, 0.3) is 0 Å². The van der Waals surface area contributed by atoms with Gasteiger partial charge in [0.05, 0.1) is 17.3 Å². The van der Waals surface area contributed by atoms with E-state index in [-0.39, 0.29) is 35.0 Å². The molecule has 1 amide bonds. The van der Waals surface area contributed by atoms with Crippen LogP contribution in [0.1, 0.15) is 36.9 Å². The number of hydrogen-bond acceptors (Lipinski definition) is 4. The number of nitrogens with one attached hydrogen (secondary N) is 2. The quantitative estimate of drug-likeness (QED) is 0.450. The molecule has 0 spiro atoms. The number of benzene rings is 3. The zero-order valence-corrected chi connectivity index (χ0v) is 20.6. The molecule has 6 nitrogen and oxygen atoms in total. The van der Waals surface area contributed by atoms with Crippen LogP contribution in [-0.4, -0.2) is 27.4 Å². The van der Waals surface area contributed by atoms with Gasteiger partial charge in [0.15, 0.2) is 0 Å². The van der Waals surface area contributed by atoms with Crippen molar-refractivity contribution in [3.63, 3.8) is 0 Å². The Balaban J connectivity index is 1.47. The van der Waals surface area contributed by atoms with Gasteiger partial charge in [0.25, 0.3) is 10.0 Å². The minimum Gasteiger partial charge on any atom is -0.325 e. The first-order valence-electron chi connectivity index (χ1n) is 11.4. The molecule has 1 aliphatic rings. The van der Waals surface area contributed by atoms with Crippen LogP contribution in [0.5, 0.6) is 0 Å². The molecule has 1 unspecified atom stereocenters. The van der Waals surface area contributed by atoms with E-state index in [9.17, 15) is 13.2 Å². The van der Waals surface area contributed by atoms with Crippen molar-refractivity contribution in [2.75, 3.05) is 22.7 Å². The molecule has 0 fully saturated rings. The van der Waals surface area contributed by atoms with Crippen molar-refractivity contribution in [1.29, 1.82) is 0 Å². The van der Waals surface area contributed by atoms with Gasteiger partial charge in [0.1, 0.15) is 4.90 Å². The standard InChI is InChI=1S/C26H28ClN3O3S/c1-2-30(21-11-4-3-5-12-21)34(32,33)25-17-20(15-16-23(25)27)29-26(31)18-28-24-14-8-10-19-9-6-7-13-22(19)24/h3-7,9,11-13,15-17,24,28H,2,8,10,14,18H2,1H3,(H,29,31). The van der Waals surface area contributed by atoms with Crippen LogP contribution in [0.15, 0.2) is 77.7 Å². The number of hydrogen-bond donors (Lipinski definition) is 2. The average molecular weight is 498 g/mol. The maximum absolute atomic E-state index is 13.4. The Morgan fingerprint density at radius 1 is 1.06 bits per heavy atom. The van der Waals surface area contributed by atoms with E-state index in [2.05, 4.69) is 22.8 Å². The van der Waals surface area contributed by atoms with E-state index in [1.165, 1.54) is 27.6 Å². The molecule has 0 bridgehead atoms. The number of nitrogens with zero attached hydrogens (tertiary/aromatic N) is 1. The van der Waals surface area contributed by atoms with Crippen molar-refractivity contribution in [1.82, 2.24) is 5.32 Å². The molecule has 0 aliphatic heterocycles. The van der Waals surface area contributed by atoms with E-state index in [1.54, 1.807) is 37.3 Å². The smallest absolute Gasteiger partial charge is 0.265 e. The summed E-state index contributed by atoms with van der Waals surface area (Å²) >= 11 is 6.29. The zero-order chi connectivity index (χ0) is 24.1. The first kappa shape index (κ1) is 24.3. The molecular weight excluding hydrogens is 470 g/mol. The molecule has 2 N–H and O–H groups in total. The lowest BCUT2D eigenvalue weighted by Crippen LogP contribution is -2.33. The molecule has 0 radical (unpaired) electrons. The van der Waals surface area contributed by atoms with Crippen LogP contribution < -0.4 is 14.9 Å². The van der Waals surface area contributed by atoms with E-state index in [0.717, 1.165) is 19.3 Å². The number of para-hydroxylation sites is 1. The van der Waals surface area contributed by atoms with E-state index >= 15 is 0 Å². The second-order valence-corrected chi connectivity index (χ2v) is 10.5. The fraction of sp³-hybridized carbons (Fsp3) is 0.269. The number of anilines is 2. The highest BCUT2D eigenvalue weighted by molar-refractivity contribution is 7.93. The van der Waals surface area contributed by atoms with Gasteiger partial charge in [-0.2, -0.15) is 0 Å². The molecule has 34 heavy (non-hydrogen) atoms. The Hall–Kier alpha value is -2.87. The summed E-state index contributed by atoms with van der Waals surface area (Å²) in [5.74, 6) is -0.246. The molecule has 1 aliphatic carbocycles. The van der Waals surface area contributed by atoms with Gasteiger partial charge in [0.2, 0.25) is 5.91 Å². The summed E-state index contributed by atoms with van der Waals surface area (Å²) in [7, 11) is -3.92. The zero-order valence-electron chi connectivity index (χ0n) is 19.0. The summed E-state index contributed by atoms with van der Waals surface area (Å²) in [6.45, 7) is 2.13. The first-order valence-corrected chi connectivity index (χ1v) is 13.2. The summed E-state index contributed by atoms with van der Waals surface area (Å²) in [5.41, 5.74) is 3.48. The van der Waals surface area contributed by atoms with Crippen molar-refractivity contribution >= 4 is 38.9 Å². The van der Waals surface area contributed by atoms with Gasteiger partial charge < -0.3 is 10.6 Å². The lowest BCUT2D eigenvalue weighted by Gasteiger charge is -2.26. The molecule has 3 aromatic carbocycles. The third kappa shape index (κ3) is 5.27. The molecule has 178 valence electrons. The number of carbonyl (C=O) groups is 1. The third-order valence-corrected chi connectivity index (χ3v) is 8.38. The van der Waals surface area contributed by atoms with Crippen molar-refractivity contribution in [2.45, 2.75) is 37.1 Å². The van der Waals surface area contributed by atoms with Crippen molar-refractivity contribution in [3.05, 3.63) is 88.9 Å². The maximum atomic E-state index is 13.4. The predicted molar refractivity (Wildman–Crippen MR) is 137 cm³/mol. The van der Waals surface area contributed by atoms with Crippen LogP contribution in [0.2, 0.25) is 5.02 Å². The van der Waals surface area contributed by atoms with Gasteiger partial charge in [-0.05, 0) is 67.6 Å². The van der Waals surface area contributed by atoms with Gasteiger partial charge in [-0.1, -0.05) is 54.1 Å². The molecular formula is C26H28ClN3O3S. The Morgan fingerprint density at radius 2 is 1.79 bits per heavy atom. The largest absolute Gasteiger partial charge is 0.325 e. The van der Waals surface area contributed by atoms with Gasteiger partial charge in [-0.15, -0.1) is 0 Å². The molecule has 1 atom stereocenters. The molecule has 0 saturated heterocycles. The van der Waals surface area contributed by atoms with E-state index < -0.39 is 10.0 Å². The van der Waals surface area contributed by atoms with Crippen LogP contribution in [0.4, 0.5) is 11.4 Å². The fourth-order valence-corrected chi connectivity index (χ4v) is 6.35. The number of rotatable bonds is 8. The monoisotopic (exact) mass is 497 g/mol. The topological polar surface area (TPSA) is 78.5 Å². The number of aryl methyl sites for hydroxylation is 1. The minimum absolute atomic E-state index is 0.0492. The maximum Gasteiger partial charge on any atom is 0.265 e. The normalized spacial score (nSPS) is 15.4. The Labute approximate surface area is 206 Å². The molecule has 3 aromatic rings. The summed E-state index contributed by atoms with van der Waals surface area (Å²) in [5, 5.41) is 6.24. The molecule has 4 rings (SSSR count). The number of carbonyl (C=O) groups excluding carboxylic acids is 1. The second kappa shape index (κ2) is 10.6.